The average molecular weight is 242 g/mol. The van der Waals surface area contributed by atoms with Gasteiger partial charge in [-0.05, 0) is 39.0 Å². The van der Waals surface area contributed by atoms with Crippen molar-refractivity contribution in [2.24, 2.45) is 17.8 Å². The molecule has 98 valence electrons. The van der Waals surface area contributed by atoms with Crippen LogP contribution in [-0.2, 0) is 19.1 Å². The van der Waals surface area contributed by atoms with Gasteiger partial charge in [0.05, 0.1) is 25.0 Å². The molecule has 2 atom stereocenters. The van der Waals surface area contributed by atoms with Gasteiger partial charge in [0.25, 0.3) is 0 Å². The number of carbonyl (C=O) groups excluding carboxylic acids is 2. The summed E-state index contributed by atoms with van der Waals surface area (Å²) in [5.74, 6) is -0.268. The average Bonchev–Trinajstić information content (AvgIpc) is 2.29. The van der Waals surface area contributed by atoms with E-state index >= 15 is 0 Å². The fourth-order valence-electron chi connectivity index (χ4n) is 2.51. The summed E-state index contributed by atoms with van der Waals surface area (Å²) in [7, 11) is 0. The van der Waals surface area contributed by atoms with E-state index in [1.54, 1.807) is 13.8 Å². The maximum atomic E-state index is 11.7. The minimum Gasteiger partial charge on any atom is -0.466 e. The van der Waals surface area contributed by atoms with Gasteiger partial charge >= 0.3 is 11.9 Å². The van der Waals surface area contributed by atoms with Crippen LogP contribution in [0.2, 0.25) is 0 Å². The van der Waals surface area contributed by atoms with Crippen LogP contribution in [0.4, 0.5) is 0 Å². The van der Waals surface area contributed by atoms with Crippen LogP contribution in [0.5, 0.6) is 0 Å². The summed E-state index contributed by atoms with van der Waals surface area (Å²) < 4.78 is 10.1. The monoisotopic (exact) mass is 242 g/mol. The third-order valence-corrected chi connectivity index (χ3v) is 3.18. The molecule has 2 unspecified atom stereocenters. The minimum absolute atomic E-state index is 0.145. The summed E-state index contributed by atoms with van der Waals surface area (Å²) in [6.07, 6.45) is 2.20. The van der Waals surface area contributed by atoms with E-state index < -0.39 is 0 Å². The zero-order valence-corrected chi connectivity index (χ0v) is 10.9. The minimum atomic E-state index is -0.173. The van der Waals surface area contributed by atoms with E-state index in [0.29, 0.717) is 25.6 Å². The van der Waals surface area contributed by atoms with Crippen molar-refractivity contribution in [3.63, 3.8) is 0 Å². The van der Waals surface area contributed by atoms with E-state index in [4.69, 9.17) is 9.47 Å². The van der Waals surface area contributed by atoms with Gasteiger partial charge in [-0.15, -0.1) is 0 Å². The quantitative estimate of drug-likeness (QED) is 0.709. The molecule has 0 saturated heterocycles. The lowest BCUT2D eigenvalue weighted by atomic mass is 9.76. The van der Waals surface area contributed by atoms with Crippen LogP contribution in [0.3, 0.4) is 0 Å². The molecule has 1 fully saturated rings. The van der Waals surface area contributed by atoms with Gasteiger partial charge in [0.15, 0.2) is 0 Å². The normalized spacial score (nSPS) is 28.5. The Balaban J connectivity index is 2.58. The lowest BCUT2D eigenvalue weighted by molar-refractivity contribution is -0.155. The molecule has 0 aromatic heterocycles. The van der Waals surface area contributed by atoms with Gasteiger partial charge in [-0.3, -0.25) is 9.59 Å². The molecule has 0 bridgehead atoms. The second-order valence-corrected chi connectivity index (χ2v) is 4.71. The van der Waals surface area contributed by atoms with Crippen LogP contribution in [-0.4, -0.2) is 25.2 Å². The van der Waals surface area contributed by atoms with E-state index in [1.165, 1.54) is 0 Å². The van der Waals surface area contributed by atoms with Crippen LogP contribution in [0, 0.1) is 17.8 Å². The molecule has 0 aliphatic heterocycles. The summed E-state index contributed by atoms with van der Waals surface area (Å²) in [6, 6.07) is 0. The van der Waals surface area contributed by atoms with Crippen molar-refractivity contribution in [2.45, 2.75) is 40.0 Å². The Hall–Kier alpha value is -1.06. The Labute approximate surface area is 103 Å². The van der Waals surface area contributed by atoms with Crippen LogP contribution >= 0.6 is 0 Å². The molecule has 4 heteroatoms. The smallest absolute Gasteiger partial charge is 0.308 e. The molecule has 1 rings (SSSR count). The summed E-state index contributed by atoms with van der Waals surface area (Å²) in [5, 5.41) is 0. The standard InChI is InChI=1S/C13H22O4/c1-4-16-12(14)10-6-9(3)7-11(8-10)13(15)17-5-2/h9-11H,4-8H2,1-3H3. The van der Waals surface area contributed by atoms with Crippen LogP contribution in [0.25, 0.3) is 0 Å². The molecule has 1 saturated carbocycles. The topological polar surface area (TPSA) is 52.6 Å². The number of rotatable bonds is 4. The van der Waals surface area contributed by atoms with Crippen molar-refractivity contribution < 1.29 is 19.1 Å². The fourth-order valence-corrected chi connectivity index (χ4v) is 2.51. The second-order valence-electron chi connectivity index (χ2n) is 4.71. The van der Waals surface area contributed by atoms with Crippen LogP contribution in [0.15, 0.2) is 0 Å². The van der Waals surface area contributed by atoms with E-state index in [9.17, 15) is 9.59 Å². The molecule has 0 aromatic carbocycles. The maximum Gasteiger partial charge on any atom is 0.308 e. The highest BCUT2D eigenvalue weighted by molar-refractivity contribution is 5.76. The van der Waals surface area contributed by atoms with Gasteiger partial charge in [-0.1, -0.05) is 6.92 Å². The summed E-state index contributed by atoms with van der Waals surface area (Å²) in [6.45, 7) is 6.46. The second kappa shape index (κ2) is 6.62. The van der Waals surface area contributed by atoms with E-state index in [1.807, 2.05) is 0 Å². The molecule has 0 radical (unpaired) electrons. The van der Waals surface area contributed by atoms with Crippen molar-refractivity contribution in [3.05, 3.63) is 0 Å². The summed E-state index contributed by atoms with van der Waals surface area (Å²) in [4.78, 5) is 23.4. The zero-order valence-electron chi connectivity index (χ0n) is 10.9. The number of ether oxygens (including phenoxy) is 2. The van der Waals surface area contributed by atoms with Crippen LogP contribution in [0.1, 0.15) is 40.0 Å². The third kappa shape index (κ3) is 4.02. The van der Waals surface area contributed by atoms with E-state index in [2.05, 4.69) is 6.92 Å². The highest BCUT2D eigenvalue weighted by Gasteiger charge is 2.35. The van der Waals surface area contributed by atoms with Crippen molar-refractivity contribution >= 4 is 11.9 Å². The first-order valence-corrected chi connectivity index (χ1v) is 6.41. The first-order chi connectivity index (χ1) is 8.08. The first-order valence-electron chi connectivity index (χ1n) is 6.41. The van der Waals surface area contributed by atoms with Crippen molar-refractivity contribution in [1.29, 1.82) is 0 Å². The number of carbonyl (C=O) groups is 2. The largest absolute Gasteiger partial charge is 0.466 e. The molecule has 4 nitrogen and oxygen atoms in total. The first kappa shape index (κ1) is 14.0. The van der Waals surface area contributed by atoms with Gasteiger partial charge < -0.3 is 9.47 Å². The third-order valence-electron chi connectivity index (χ3n) is 3.18. The Kier molecular flexibility index (Phi) is 5.45. The maximum absolute atomic E-state index is 11.7. The van der Waals surface area contributed by atoms with Gasteiger partial charge in [-0.25, -0.2) is 0 Å². The predicted molar refractivity (Wildman–Crippen MR) is 63.3 cm³/mol. The van der Waals surface area contributed by atoms with Crippen LogP contribution < -0.4 is 0 Å². The van der Waals surface area contributed by atoms with Crippen molar-refractivity contribution in [2.75, 3.05) is 13.2 Å². The molecule has 0 aromatic rings. The Morgan fingerprint density at radius 1 is 0.941 bits per heavy atom. The summed E-state index contributed by atoms with van der Waals surface area (Å²) in [5.41, 5.74) is 0. The molecule has 0 heterocycles. The molecular formula is C13H22O4. The molecule has 1 aliphatic carbocycles. The summed E-state index contributed by atoms with van der Waals surface area (Å²) >= 11 is 0. The number of hydrogen-bond acceptors (Lipinski definition) is 4. The molecular weight excluding hydrogens is 220 g/mol. The van der Waals surface area contributed by atoms with Gasteiger partial charge in [0, 0.05) is 0 Å². The highest BCUT2D eigenvalue weighted by atomic mass is 16.5. The Bertz CT molecular complexity index is 249. The molecule has 0 N–H and O–H groups in total. The highest BCUT2D eigenvalue weighted by Crippen LogP contribution is 2.34. The predicted octanol–water partition coefficient (Wildman–Crippen LogP) is 2.17. The van der Waals surface area contributed by atoms with Crippen molar-refractivity contribution in [3.8, 4) is 0 Å². The lowest BCUT2D eigenvalue weighted by Crippen LogP contribution is -2.33. The fraction of sp³-hybridized carbons (Fsp3) is 0.846. The number of hydrogen-bond donors (Lipinski definition) is 0. The van der Waals surface area contributed by atoms with E-state index in [-0.39, 0.29) is 23.8 Å². The van der Waals surface area contributed by atoms with Gasteiger partial charge in [0.1, 0.15) is 0 Å². The lowest BCUT2D eigenvalue weighted by Gasteiger charge is -2.30. The SMILES string of the molecule is CCOC(=O)C1CC(C)CC(C(=O)OCC)C1. The zero-order chi connectivity index (χ0) is 12.8. The van der Waals surface area contributed by atoms with Gasteiger partial charge in [-0.2, -0.15) is 0 Å². The molecule has 1 aliphatic rings. The molecule has 17 heavy (non-hydrogen) atoms. The van der Waals surface area contributed by atoms with E-state index in [0.717, 1.165) is 12.8 Å². The van der Waals surface area contributed by atoms with Crippen molar-refractivity contribution in [1.82, 2.24) is 0 Å². The number of esters is 2. The Morgan fingerprint density at radius 3 is 1.71 bits per heavy atom. The molecule has 0 amide bonds. The van der Waals surface area contributed by atoms with Gasteiger partial charge in [0.2, 0.25) is 0 Å². The Morgan fingerprint density at radius 2 is 1.35 bits per heavy atom. The molecule has 0 spiro atoms.